The van der Waals surface area contributed by atoms with E-state index in [1.54, 1.807) is 18.2 Å². The van der Waals surface area contributed by atoms with Gasteiger partial charge in [-0.3, -0.25) is 9.36 Å². The second kappa shape index (κ2) is 9.18. The molecule has 4 aromatic carbocycles. The number of anilines is 1. The molecule has 1 aromatic heterocycles. The second-order valence-corrected chi connectivity index (χ2v) is 8.34. The number of phenolic OH excluding ortho intramolecular Hbond substituents is 1. The molecular weight excluding hydrogens is 432 g/mol. The molecule has 0 aliphatic rings. The van der Waals surface area contributed by atoms with E-state index < -0.39 is 0 Å². The first-order chi connectivity index (χ1) is 16.2. The van der Waals surface area contributed by atoms with Gasteiger partial charge in [0.1, 0.15) is 5.75 Å². The van der Waals surface area contributed by atoms with Crippen molar-refractivity contribution in [1.82, 2.24) is 14.8 Å². The molecule has 33 heavy (non-hydrogen) atoms. The molecule has 2 N–H and O–H groups in total. The number of amides is 1. The van der Waals surface area contributed by atoms with Crippen molar-refractivity contribution in [2.75, 3.05) is 11.1 Å². The highest BCUT2D eigenvalue weighted by Gasteiger charge is 2.19. The summed E-state index contributed by atoms with van der Waals surface area (Å²) in [5.41, 5.74) is 2.17. The third kappa shape index (κ3) is 4.44. The molecule has 0 saturated carbocycles. The number of hydrogen-bond donors (Lipinski definition) is 2. The minimum Gasteiger partial charge on any atom is -0.507 e. The van der Waals surface area contributed by atoms with Gasteiger partial charge < -0.3 is 10.4 Å². The summed E-state index contributed by atoms with van der Waals surface area (Å²) in [6.45, 7) is 0. The van der Waals surface area contributed by atoms with E-state index in [-0.39, 0.29) is 17.4 Å². The Kier molecular flexibility index (Phi) is 5.78. The van der Waals surface area contributed by atoms with Crippen molar-refractivity contribution >= 4 is 34.1 Å². The number of para-hydroxylation sites is 2. The predicted molar refractivity (Wildman–Crippen MR) is 132 cm³/mol. The highest BCUT2D eigenvalue weighted by atomic mass is 32.2. The Morgan fingerprint density at radius 1 is 0.848 bits per heavy atom. The summed E-state index contributed by atoms with van der Waals surface area (Å²) in [6.07, 6.45) is 0. The molecule has 0 unspecified atom stereocenters. The van der Waals surface area contributed by atoms with Crippen LogP contribution < -0.4 is 5.32 Å². The van der Waals surface area contributed by atoms with Crippen molar-refractivity contribution in [3.8, 4) is 22.8 Å². The number of phenols is 1. The van der Waals surface area contributed by atoms with E-state index in [1.807, 2.05) is 83.4 Å². The lowest BCUT2D eigenvalue weighted by atomic mass is 10.1. The van der Waals surface area contributed by atoms with E-state index in [9.17, 15) is 9.90 Å². The maximum absolute atomic E-state index is 12.7. The summed E-state index contributed by atoms with van der Waals surface area (Å²) in [6, 6.07) is 30.5. The van der Waals surface area contributed by atoms with Gasteiger partial charge in [0.25, 0.3) is 0 Å². The Bertz CT molecular complexity index is 1430. The average molecular weight is 453 g/mol. The van der Waals surface area contributed by atoms with Crippen LogP contribution in [0.3, 0.4) is 0 Å². The smallest absolute Gasteiger partial charge is 0.234 e. The van der Waals surface area contributed by atoms with Gasteiger partial charge in [0, 0.05) is 11.4 Å². The minimum atomic E-state index is -0.137. The molecule has 0 spiro atoms. The quantitative estimate of drug-likeness (QED) is 0.332. The SMILES string of the molecule is O=C(CSc1nnc(-c2ccccc2O)n1-c1ccccc1)Nc1ccc2ccccc2c1. The zero-order valence-corrected chi connectivity index (χ0v) is 18.4. The van der Waals surface area contributed by atoms with Crippen LogP contribution >= 0.6 is 11.8 Å². The van der Waals surface area contributed by atoms with Gasteiger partial charge in [-0.05, 0) is 47.2 Å². The lowest BCUT2D eigenvalue weighted by molar-refractivity contribution is -0.113. The Morgan fingerprint density at radius 3 is 2.39 bits per heavy atom. The van der Waals surface area contributed by atoms with Crippen LogP contribution in [0.4, 0.5) is 5.69 Å². The normalized spacial score (nSPS) is 10.9. The van der Waals surface area contributed by atoms with E-state index in [2.05, 4.69) is 15.5 Å². The molecule has 0 fully saturated rings. The third-order valence-electron chi connectivity index (χ3n) is 5.16. The van der Waals surface area contributed by atoms with Crippen molar-refractivity contribution in [1.29, 1.82) is 0 Å². The summed E-state index contributed by atoms with van der Waals surface area (Å²) in [5, 5.41) is 24.7. The lowest BCUT2D eigenvalue weighted by Crippen LogP contribution is -2.14. The largest absolute Gasteiger partial charge is 0.507 e. The van der Waals surface area contributed by atoms with Gasteiger partial charge in [0.15, 0.2) is 11.0 Å². The Hall–Kier alpha value is -4.10. The molecule has 0 aliphatic carbocycles. The number of carbonyl (C=O) groups excluding carboxylic acids is 1. The van der Waals surface area contributed by atoms with Crippen LogP contribution in [0.15, 0.2) is 102 Å². The van der Waals surface area contributed by atoms with Crippen molar-refractivity contribution in [2.45, 2.75) is 5.16 Å². The first-order valence-electron chi connectivity index (χ1n) is 10.4. The Morgan fingerprint density at radius 2 is 1.58 bits per heavy atom. The molecule has 0 radical (unpaired) electrons. The van der Waals surface area contributed by atoms with Crippen LogP contribution in [0, 0.1) is 0 Å². The summed E-state index contributed by atoms with van der Waals surface area (Å²) in [4.78, 5) is 12.7. The van der Waals surface area contributed by atoms with Crippen LogP contribution in [-0.4, -0.2) is 31.5 Å². The summed E-state index contributed by atoms with van der Waals surface area (Å²) in [5.74, 6) is 0.657. The van der Waals surface area contributed by atoms with Crippen LogP contribution in [-0.2, 0) is 4.79 Å². The fraction of sp³-hybridized carbons (Fsp3) is 0.0385. The first-order valence-corrected chi connectivity index (χ1v) is 11.4. The molecule has 1 amide bonds. The highest BCUT2D eigenvalue weighted by Crippen LogP contribution is 2.32. The molecular formula is C26H20N4O2S. The number of fused-ring (bicyclic) bond motifs is 1. The van der Waals surface area contributed by atoms with E-state index in [0.29, 0.717) is 16.5 Å². The number of carbonyl (C=O) groups is 1. The molecule has 6 nitrogen and oxygen atoms in total. The lowest BCUT2D eigenvalue weighted by Gasteiger charge is -2.11. The predicted octanol–water partition coefficient (Wildman–Crippen LogP) is 5.52. The van der Waals surface area contributed by atoms with Gasteiger partial charge in [-0.15, -0.1) is 10.2 Å². The van der Waals surface area contributed by atoms with E-state index in [1.165, 1.54) is 11.8 Å². The van der Waals surface area contributed by atoms with Crippen LogP contribution in [0.1, 0.15) is 0 Å². The monoisotopic (exact) mass is 452 g/mol. The molecule has 0 bridgehead atoms. The third-order valence-corrected chi connectivity index (χ3v) is 6.09. The van der Waals surface area contributed by atoms with Gasteiger partial charge in [-0.25, -0.2) is 0 Å². The van der Waals surface area contributed by atoms with Gasteiger partial charge >= 0.3 is 0 Å². The van der Waals surface area contributed by atoms with Gasteiger partial charge in [-0.2, -0.15) is 0 Å². The Balaban J connectivity index is 1.39. The van der Waals surface area contributed by atoms with Crippen LogP contribution in [0.2, 0.25) is 0 Å². The minimum absolute atomic E-state index is 0.118. The standard InChI is InChI=1S/C26H20N4O2S/c31-23-13-7-6-12-22(23)25-28-29-26(30(25)21-10-2-1-3-11-21)33-17-24(32)27-20-15-14-18-8-4-5-9-19(18)16-20/h1-16,31H,17H2,(H,27,32). The molecule has 0 atom stereocenters. The van der Waals surface area contributed by atoms with Crippen LogP contribution in [0.25, 0.3) is 27.8 Å². The van der Waals surface area contributed by atoms with E-state index in [0.717, 1.165) is 22.1 Å². The Labute approximate surface area is 194 Å². The maximum Gasteiger partial charge on any atom is 0.234 e. The van der Waals surface area contributed by atoms with Crippen molar-refractivity contribution in [3.63, 3.8) is 0 Å². The molecule has 1 heterocycles. The zero-order chi connectivity index (χ0) is 22.6. The van der Waals surface area contributed by atoms with Crippen molar-refractivity contribution in [3.05, 3.63) is 97.1 Å². The summed E-state index contributed by atoms with van der Waals surface area (Å²) in [7, 11) is 0. The topological polar surface area (TPSA) is 80.0 Å². The number of nitrogens with one attached hydrogen (secondary N) is 1. The number of aromatic nitrogens is 3. The number of rotatable bonds is 6. The number of thioether (sulfide) groups is 1. The summed E-state index contributed by atoms with van der Waals surface area (Å²) >= 11 is 1.29. The first kappa shape index (κ1) is 20.8. The van der Waals surface area contributed by atoms with Gasteiger partial charge in [0.2, 0.25) is 5.91 Å². The maximum atomic E-state index is 12.7. The van der Waals surface area contributed by atoms with E-state index in [4.69, 9.17) is 0 Å². The van der Waals surface area contributed by atoms with Gasteiger partial charge in [-0.1, -0.05) is 72.4 Å². The second-order valence-electron chi connectivity index (χ2n) is 7.39. The number of benzene rings is 4. The van der Waals surface area contributed by atoms with Crippen molar-refractivity contribution in [2.24, 2.45) is 0 Å². The number of nitrogens with zero attached hydrogens (tertiary/aromatic N) is 3. The number of aromatic hydroxyl groups is 1. The molecule has 162 valence electrons. The molecule has 5 aromatic rings. The van der Waals surface area contributed by atoms with Gasteiger partial charge in [0.05, 0.1) is 11.3 Å². The van der Waals surface area contributed by atoms with Crippen molar-refractivity contribution < 1.29 is 9.90 Å². The molecule has 7 heteroatoms. The highest BCUT2D eigenvalue weighted by molar-refractivity contribution is 7.99. The molecule has 0 saturated heterocycles. The molecule has 0 aliphatic heterocycles. The summed E-state index contributed by atoms with van der Waals surface area (Å²) < 4.78 is 1.85. The zero-order valence-electron chi connectivity index (χ0n) is 17.6. The number of hydrogen-bond acceptors (Lipinski definition) is 5. The average Bonchev–Trinajstić information content (AvgIpc) is 3.27. The van der Waals surface area contributed by atoms with Crippen LogP contribution in [0.5, 0.6) is 5.75 Å². The fourth-order valence-corrected chi connectivity index (χ4v) is 4.36. The van der Waals surface area contributed by atoms with E-state index >= 15 is 0 Å². The fourth-order valence-electron chi connectivity index (χ4n) is 3.60. The molecule has 5 rings (SSSR count).